The standard InChI is InChI=1S/C32H34N2O8/c1-20(41-18-21-10-4-3-5-11-21)29(30(36)33-27(31(37)38)16-17-28(35)40-2)34-32(39)42-19-26-24-14-8-6-12-22(24)23-13-7-9-15-25(23)26/h3-15,20,26-27,29H,16-19H2,1-2H3,(H,33,36)(H,34,39)(H,37,38)/t20-,27+,29+/m0/s1. The number of rotatable bonds is 13. The van der Waals surface area contributed by atoms with Gasteiger partial charge in [0, 0.05) is 12.3 Å². The molecule has 10 nitrogen and oxygen atoms in total. The maximum atomic E-state index is 13.3. The molecule has 42 heavy (non-hydrogen) atoms. The molecule has 0 aromatic heterocycles. The summed E-state index contributed by atoms with van der Waals surface area (Å²) in [4.78, 5) is 49.7. The Morgan fingerprint density at radius 3 is 2.05 bits per heavy atom. The fourth-order valence-corrected chi connectivity index (χ4v) is 4.94. The van der Waals surface area contributed by atoms with Crippen LogP contribution in [0.2, 0.25) is 0 Å². The average molecular weight is 575 g/mol. The highest BCUT2D eigenvalue weighted by molar-refractivity contribution is 5.90. The lowest BCUT2D eigenvalue weighted by Gasteiger charge is -2.26. The van der Waals surface area contributed by atoms with Crippen LogP contribution < -0.4 is 10.6 Å². The molecule has 0 unspecified atom stereocenters. The summed E-state index contributed by atoms with van der Waals surface area (Å²) < 4.78 is 16.1. The normalized spacial score (nSPS) is 14.0. The quantitative estimate of drug-likeness (QED) is 0.260. The number of carboxylic acids is 1. The van der Waals surface area contributed by atoms with Gasteiger partial charge in [-0.2, -0.15) is 0 Å². The zero-order valence-corrected chi connectivity index (χ0v) is 23.4. The van der Waals surface area contributed by atoms with Gasteiger partial charge in [-0.3, -0.25) is 9.59 Å². The third kappa shape index (κ3) is 7.52. The molecule has 4 rings (SSSR count). The van der Waals surface area contributed by atoms with E-state index in [4.69, 9.17) is 9.47 Å². The number of hydrogen-bond acceptors (Lipinski definition) is 7. The summed E-state index contributed by atoms with van der Waals surface area (Å²) in [5.41, 5.74) is 5.08. The number of nitrogens with one attached hydrogen (secondary N) is 2. The fourth-order valence-electron chi connectivity index (χ4n) is 4.94. The van der Waals surface area contributed by atoms with Gasteiger partial charge in [0.25, 0.3) is 0 Å². The Kier molecular flexibility index (Phi) is 10.3. The number of methoxy groups -OCH3 is 1. The molecule has 0 heterocycles. The van der Waals surface area contributed by atoms with Crippen LogP contribution in [0.3, 0.4) is 0 Å². The van der Waals surface area contributed by atoms with Crippen LogP contribution in [0.4, 0.5) is 4.79 Å². The molecule has 0 fully saturated rings. The van der Waals surface area contributed by atoms with Crippen molar-refractivity contribution in [2.24, 2.45) is 0 Å². The highest BCUT2D eigenvalue weighted by Gasteiger charge is 2.33. The molecule has 2 amide bonds. The second kappa shape index (κ2) is 14.3. The number of alkyl carbamates (subject to hydrolysis) is 1. The third-order valence-corrected chi connectivity index (χ3v) is 7.20. The van der Waals surface area contributed by atoms with Crippen molar-refractivity contribution in [2.75, 3.05) is 13.7 Å². The number of esters is 1. The molecule has 0 bridgehead atoms. The van der Waals surface area contributed by atoms with Gasteiger partial charge in [-0.05, 0) is 41.2 Å². The van der Waals surface area contributed by atoms with Gasteiger partial charge in [-0.25, -0.2) is 9.59 Å². The van der Waals surface area contributed by atoms with Gasteiger partial charge in [0.05, 0.1) is 19.8 Å². The van der Waals surface area contributed by atoms with Gasteiger partial charge in [0.15, 0.2) is 0 Å². The molecule has 220 valence electrons. The highest BCUT2D eigenvalue weighted by atomic mass is 16.6. The van der Waals surface area contributed by atoms with Crippen LogP contribution in [0.25, 0.3) is 11.1 Å². The smallest absolute Gasteiger partial charge is 0.407 e. The SMILES string of the molecule is COC(=O)CC[C@@H](NC(=O)[C@H](NC(=O)OCC1c2ccccc2-c2ccccc21)[C@H](C)OCc1ccccc1)C(=O)O. The number of fused-ring (bicyclic) bond motifs is 3. The van der Waals surface area contributed by atoms with E-state index in [1.54, 1.807) is 6.92 Å². The van der Waals surface area contributed by atoms with Crippen molar-refractivity contribution < 1.29 is 38.5 Å². The molecular formula is C32H34N2O8. The van der Waals surface area contributed by atoms with E-state index >= 15 is 0 Å². The van der Waals surface area contributed by atoms with Crippen molar-refractivity contribution >= 4 is 23.9 Å². The Morgan fingerprint density at radius 2 is 1.45 bits per heavy atom. The number of hydrogen-bond donors (Lipinski definition) is 3. The molecule has 0 aliphatic heterocycles. The van der Waals surface area contributed by atoms with Crippen LogP contribution in [-0.2, 0) is 35.2 Å². The summed E-state index contributed by atoms with van der Waals surface area (Å²) in [6.07, 6.45) is -2.11. The first-order valence-electron chi connectivity index (χ1n) is 13.7. The second-order valence-electron chi connectivity index (χ2n) is 9.96. The summed E-state index contributed by atoms with van der Waals surface area (Å²) >= 11 is 0. The minimum atomic E-state index is -1.38. The Morgan fingerprint density at radius 1 is 0.857 bits per heavy atom. The molecule has 1 aliphatic rings. The summed E-state index contributed by atoms with van der Waals surface area (Å²) in [5.74, 6) is -2.91. The van der Waals surface area contributed by atoms with E-state index < -0.39 is 42.1 Å². The van der Waals surface area contributed by atoms with Gasteiger partial charge >= 0.3 is 18.0 Å². The van der Waals surface area contributed by atoms with Crippen molar-refractivity contribution in [2.45, 2.75) is 50.5 Å². The summed E-state index contributed by atoms with van der Waals surface area (Å²) in [6, 6.07) is 22.4. The van der Waals surface area contributed by atoms with E-state index in [2.05, 4.69) is 15.4 Å². The van der Waals surface area contributed by atoms with Gasteiger partial charge in [0.2, 0.25) is 5.91 Å². The summed E-state index contributed by atoms with van der Waals surface area (Å²) in [7, 11) is 1.19. The number of benzene rings is 3. The Labute approximate surface area is 244 Å². The molecule has 3 N–H and O–H groups in total. The van der Waals surface area contributed by atoms with Crippen LogP contribution in [0.1, 0.15) is 42.4 Å². The van der Waals surface area contributed by atoms with Crippen molar-refractivity contribution in [3.63, 3.8) is 0 Å². The first kappa shape index (κ1) is 30.3. The average Bonchev–Trinajstić information content (AvgIpc) is 3.33. The zero-order chi connectivity index (χ0) is 30.1. The van der Waals surface area contributed by atoms with Crippen molar-refractivity contribution in [1.29, 1.82) is 0 Å². The molecule has 10 heteroatoms. The van der Waals surface area contributed by atoms with Crippen LogP contribution in [0.5, 0.6) is 0 Å². The van der Waals surface area contributed by atoms with E-state index in [1.165, 1.54) is 7.11 Å². The molecule has 0 saturated heterocycles. The minimum Gasteiger partial charge on any atom is -0.480 e. The first-order valence-corrected chi connectivity index (χ1v) is 13.7. The minimum absolute atomic E-state index is 0.0321. The van der Waals surface area contributed by atoms with Crippen LogP contribution in [0, 0.1) is 0 Å². The summed E-state index contributed by atoms with van der Waals surface area (Å²) in [6.45, 7) is 1.79. The van der Waals surface area contributed by atoms with E-state index in [1.807, 2.05) is 78.9 Å². The van der Waals surface area contributed by atoms with Crippen LogP contribution in [0.15, 0.2) is 78.9 Å². The second-order valence-corrected chi connectivity index (χ2v) is 9.96. The predicted octanol–water partition coefficient (Wildman–Crippen LogP) is 4.02. The number of carbonyl (C=O) groups is 4. The maximum absolute atomic E-state index is 13.3. The third-order valence-electron chi connectivity index (χ3n) is 7.20. The lowest BCUT2D eigenvalue weighted by molar-refractivity contribution is -0.144. The number of carboxylic acid groups (broad SMARTS) is 1. The molecule has 3 aromatic rings. The lowest BCUT2D eigenvalue weighted by Crippen LogP contribution is -2.56. The molecule has 0 saturated carbocycles. The molecule has 0 radical (unpaired) electrons. The molecular weight excluding hydrogens is 540 g/mol. The maximum Gasteiger partial charge on any atom is 0.407 e. The van der Waals surface area contributed by atoms with E-state index in [-0.39, 0.29) is 32.0 Å². The number of carbonyl (C=O) groups excluding carboxylic acids is 3. The van der Waals surface area contributed by atoms with Crippen molar-refractivity contribution in [3.8, 4) is 11.1 Å². The zero-order valence-electron chi connectivity index (χ0n) is 23.4. The van der Waals surface area contributed by atoms with Crippen LogP contribution >= 0.6 is 0 Å². The first-order chi connectivity index (χ1) is 20.3. The summed E-state index contributed by atoms with van der Waals surface area (Å²) in [5, 5.41) is 14.6. The Hall–Kier alpha value is -4.70. The van der Waals surface area contributed by atoms with Crippen molar-refractivity contribution in [1.82, 2.24) is 10.6 Å². The van der Waals surface area contributed by atoms with Gasteiger partial charge in [-0.15, -0.1) is 0 Å². The van der Waals surface area contributed by atoms with Gasteiger partial charge in [-0.1, -0.05) is 78.9 Å². The van der Waals surface area contributed by atoms with Gasteiger partial charge in [0.1, 0.15) is 18.7 Å². The van der Waals surface area contributed by atoms with Gasteiger partial charge < -0.3 is 30.0 Å². The largest absolute Gasteiger partial charge is 0.480 e. The highest BCUT2D eigenvalue weighted by Crippen LogP contribution is 2.44. The fraction of sp³-hybridized carbons (Fsp3) is 0.312. The topological polar surface area (TPSA) is 140 Å². The lowest BCUT2D eigenvalue weighted by atomic mass is 9.98. The Balaban J connectivity index is 1.45. The number of aliphatic carboxylic acids is 1. The number of ether oxygens (including phenoxy) is 3. The molecule has 3 aromatic carbocycles. The van der Waals surface area contributed by atoms with E-state index in [0.717, 1.165) is 27.8 Å². The molecule has 3 atom stereocenters. The predicted molar refractivity (Wildman–Crippen MR) is 154 cm³/mol. The number of amides is 2. The molecule has 0 spiro atoms. The van der Waals surface area contributed by atoms with E-state index in [9.17, 15) is 24.3 Å². The van der Waals surface area contributed by atoms with Crippen molar-refractivity contribution in [3.05, 3.63) is 95.6 Å². The van der Waals surface area contributed by atoms with Crippen LogP contribution in [-0.4, -0.2) is 60.9 Å². The molecule has 1 aliphatic carbocycles. The van der Waals surface area contributed by atoms with E-state index in [0.29, 0.717) is 0 Å². The Bertz CT molecular complexity index is 1360. The monoisotopic (exact) mass is 574 g/mol.